The second-order valence-electron chi connectivity index (χ2n) is 20.8. The first-order valence-electron chi connectivity index (χ1n) is 29.8. The lowest BCUT2D eigenvalue weighted by Gasteiger charge is -2.25. The first-order chi connectivity index (χ1) is 40.8. The fourth-order valence-corrected chi connectivity index (χ4v) is 9.27. The molecule has 7 rings (SSSR count). The predicted molar refractivity (Wildman–Crippen MR) is 325 cm³/mol. The number of carbonyl (C=O) groups is 4. The lowest BCUT2D eigenvalue weighted by molar-refractivity contribution is -0.149. The molecule has 5 aromatic rings. The van der Waals surface area contributed by atoms with Crippen LogP contribution in [0.3, 0.4) is 0 Å². The van der Waals surface area contributed by atoms with Crippen LogP contribution in [0.15, 0.2) is 162 Å². The van der Waals surface area contributed by atoms with Crippen LogP contribution in [0.4, 0.5) is 11.4 Å². The van der Waals surface area contributed by atoms with Crippen LogP contribution in [-0.4, -0.2) is 108 Å². The molecule has 4 unspecified atom stereocenters. The van der Waals surface area contributed by atoms with Gasteiger partial charge in [-0.25, -0.2) is 19.2 Å². The number of carboxylic acid groups (broad SMARTS) is 1. The Bertz CT molecular complexity index is 2750. The van der Waals surface area contributed by atoms with E-state index in [1.54, 1.807) is 31.2 Å². The van der Waals surface area contributed by atoms with E-state index in [0.717, 1.165) is 67.1 Å². The zero-order valence-electron chi connectivity index (χ0n) is 49.7. The number of rotatable bonds is 34. The average Bonchev–Trinajstić information content (AvgIpc) is 4.19. The maximum absolute atomic E-state index is 12.6. The summed E-state index contributed by atoms with van der Waals surface area (Å²) in [5, 5.41) is 38.7. The fourth-order valence-electron chi connectivity index (χ4n) is 9.27. The Morgan fingerprint density at radius 1 is 0.500 bits per heavy atom. The maximum Gasteiger partial charge on any atom is 0.378 e. The van der Waals surface area contributed by atoms with E-state index in [-0.39, 0.29) is 43.7 Å². The molecule has 5 aromatic carbocycles. The van der Waals surface area contributed by atoms with Crippen LogP contribution in [0.25, 0.3) is 0 Å². The van der Waals surface area contributed by atoms with Crippen molar-refractivity contribution in [2.75, 3.05) is 49.2 Å². The van der Waals surface area contributed by atoms with Gasteiger partial charge in [-0.1, -0.05) is 170 Å². The molecule has 0 amide bonds. The number of cyclic esters (lactones) is 2. The number of aromatic carboxylic acids is 1. The zero-order chi connectivity index (χ0) is 60.5. The molecule has 0 saturated heterocycles. The summed E-state index contributed by atoms with van der Waals surface area (Å²) in [7, 11) is 0. The lowest BCUT2D eigenvalue weighted by Crippen LogP contribution is -2.33. The molecule has 0 aromatic heterocycles. The van der Waals surface area contributed by atoms with Crippen LogP contribution >= 0.6 is 0 Å². The van der Waals surface area contributed by atoms with E-state index >= 15 is 0 Å². The Labute approximate surface area is 496 Å². The molecule has 0 spiro atoms. The molecule has 0 radical (unpaired) electrons. The Balaban J connectivity index is 0.000000244. The molecule has 2 aliphatic rings. The summed E-state index contributed by atoms with van der Waals surface area (Å²) < 4.78 is 32.8. The summed E-state index contributed by atoms with van der Waals surface area (Å²) in [6.45, 7) is 14.3. The maximum atomic E-state index is 12.6. The Morgan fingerprint density at radius 3 is 1.29 bits per heavy atom. The van der Waals surface area contributed by atoms with Gasteiger partial charge in [0.2, 0.25) is 11.5 Å². The van der Waals surface area contributed by atoms with Crippen LogP contribution in [0.2, 0.25) is 0 Å². The number of aliphatic hydroxyl groups is 3. The largest absolute Gasteiger partial charge is 0.485 e. The van der Waals surface area contributed by atoms with E-state index in [0.29, 0.717) is 16.7 Å². The van der Waals surface area contributed by atoms with Crippen molar-refractivity contribution >= 4 is 35.3 Å². The Hall–Kier alpha value is -7.66. The summed E-state index contributed by atoms with van der Waals surface area (Å²) in [5.41, 5.74) is 6.15. The van der Waals surface area contributed by atoms with Crippen molar-refractivity contribution in [1.82, 2.24) is 0 Å². The van der Waals surface area contributed by atoms with E-state index in [4.69, 9.17) is 33.5 Å². The number of unbranched alkanes of at least 4 members (excludes halogenated alkanes) is 8. The highest BCUT2D eigenvalue weighted by Crippen LogP contribution is 2.30. The van der Waals surface area contributed by atoms with Gasteiger partial charge in [-0.2, -0.15) is 0 Å². The Morgan fingerprint density at radius 2 is 0.881 bits per heavy atom. The van der Waals surface area contributed by atoms with Gasteiger partial charge < -0.3 is 58.6 Å². The van der Waals surface area contributed by atoms with Crippen molar-refractivity contribution in [2.45, 2.75) is 156 Å². The number of nitrogens with zero attached hydrogens (tertiary/aromatic N) is 2. The van der Waals surface area contributed by atoms with Crippen LogP contribution in [0.1, 0.15) is 149 Å². The number of aliphatic hydroxyl groups excluding tert-OH is 3. The normalized spacial score (nSPS) is 15.1. The van der Waals surface area contributed by atoms with Crippen LogP contribution in [0.5, 0.6) is 0 Å². The fraction of sp³-hybridized carbons (Fsp3) is 0.441. The van der Waals surface area contributed by atoms with Crippen molar-refractivity contribution in [3.05, 3.63) is 190 Å². The molecule has 16 nitrogen and oxygen atoms in total. The second kappa shape index (κ2) is 37.5. The van der Waals surface area contributed by atoms with Crippen LogP contribution in [-0.2, 0) is 57.8 Å². The Kier molecular flexibility index (Phi) is 30.0. The molecule has 2 heterocycles. The second-order valence-corrected chi connectivity index (χ2v) is 20.8. The number of esters is 3. The molecule has 2 aliphatic heterocycles. The van der Waals surface area contributed by atoms with Gasteiger partial charge in [-0.15, -0.1) is 0 Å². The van der Waals surface area contributed by atoms with E-state index < -0.39 is 54.9 Å². The number of hydrogen-bond donors (Lipinski definition) is 4. The SMILES string of the molecule is CCCCCN(CCCCC)c1ccc(C(=O)O)cc1.CCCCCN(CCCCC)c1ccc(C(=O)OCC(O)C2OC(=O)C(OCc3ccccc3)=C2C)cc1.O=C1OC(C(O)CO)C(OCc2ccccc2)=C1OCc1ccccc1. The highest BCUT2D eigenvalue weighted by atomic mass is 16.6. The van der Waals surface area contributed by atoms with Gasteiger partial charge in [0, 0.05) is 43.1 Å². The molecule has 84 heavy (non-hydrogen) atoms. The monoisotopic (exact) mass is 1160 g/mol. The number of ether oxygens (including phenoxy) is 6. The van der Waals surface area contributed by atoms with Gasteiger partial charge in [0.25, 0.3) is 0 Å². The minimum Gasteiger partial charge on any atom is -0.485 e. The molecule has 0 saturated carbocycles. The molecule has 454 valence electrons. The standard InChI is InChI=1S/C31H41NO6.C20H20O6.C17H27NO2/c1-4-6-11-19-32(20-12-7-5-2)26-17-15-25(16-18-26)30(34)37-22-27(33)28-23(3)29(31(35)38-28)36-21-24-13-9-8-10-14-24;21-11-16(22)17-18(24-12-14-7-3-1-4-8-14)19(20(23)26-17)25-13-15-9-5-2-6-10-15;1-3-5-7-13-18(14-8-6-4-2)16-11-9-15(10-12-16)17(19)20/h8-10,13-18,27-28,33H,4-7,11-12,19-22H2,1-3H3;1-10,16-17,21-22H,11-13H2;9-12H,3-8,13-14H2,1-2H3,(H,19,20). The summed E-state index contributed by atoms with van der Waals surface area (Å²) in [6, 6.07) is 42.9. The number of carboxylic acids is 1. The first-order valence-corrected chi connectivity index (χ1v) is 29.8. The minimum atomic E-state index is -1.29. The van der Waals surface area contributed by atoms with Gasteiger partial charge in [0.15, 0.2) is 18.0 Å². The topological polar surface area (TPSA) is 211 Å². The molecular formula is C68H88N2O14. The molecule has 0 aliphatic carbocycles. The third-order valence-corrected chi connectivity index (χ3v) is 14.1. The van der Waals surface area contributed by atoms with Gasteiger partial charge in [0.05, 0.1) is 17.7 Å². The summed E-state index contributed by atoms with van der Waals surface area (Å²) in [6.07, 6.45) is 9.86. The average molecular weight is 1160 g/mol. The van der Waals surface area contributed by atoms with Crippen LogP contribution in [0, 0.1) is 0 Å². The van der Waals surface area contributed by atoms with Gasteiger partial charge >= 0.3 is 23.9 Å². The minimum absolute atomic E-state index is 0.0812. The van der Waals surface area contributed by atoms with Crippen molar-refractivity contribution in [2.24, 2.45) is 0 Å². The summed E-state index contributed by atoms with van der Waals surface area (Å²) in [5.74, 6) is -2.65. The third-order valence-electron chi connectivity index (χ3n) is 14.1. The molecule has 4 atom stereocenters. The number of anilines is 2. The van der Waals surface area contributed by atoms with E-state index in [1.165, 1.54) is 64.2 Å². The van der Waals surface area contributed by atoms with Crippen LogP contribution < -0.4 is 9.80 Å². The number of carbonyl (C=O) groups excluding carboxylic acids is 3. The van der Waals surface area contributed by atoms with Crippen molar-refractivity contribution in [1.29, 1.82) is 0 Å². The van der Waals surface area contributed by atoms with Crippen molar-refractivity contribution < 1.29 is 68.0 Å². The quantitative estimate of drug-likeness (QED) is 0.0171. The van der Waals surface area contributed by atoms with Gasteiger partial charge in [-0.3, -0.25) is 0 Å². The van der Waals surface area contributed by atoms with E-state index in [1.807, 2.05) is 115 Å². The summed E-state index contributed by atoms with van der Waals surface area (Å²) in [4.78, 5) is 52.8. The predicted octanol–water partition coefficient (Wildman–Crippen LogP) is 12.3. The number of benzene rings is 5. The molecule has 4 N–H and O–H groups in total. The summed E-state index contributed by atoms with van der Waals surface area (Å²) >= 11 is 0. The van der Waals surface area contributed by atoms with Crippen molar-refractivity contribution in [3.63, 3.8) is 0 Å². The first kappa shape index (κ1) is 67.1. The van der Waals surface area contributed by atoms with Crippen molar-refractivity contribution in [3.8, 4) is 0 Å². The van der Waals surface area contributed by atoms with E-state index in [9.17, 15) is 34.5 Å². The zero-order valence-corrected chi connectivity index (χ0v) is 49.7. The molecule has 0 fully saturated rings. The molecule has 0 bridgehead atoms. The highest BCUT2D eigenvalue weighted by Gasteiger charge is 2.42. The third kappa shape index (κ3) is 22.2. The van der Waals surface area contributed by atoms with E-state index in [2.05, 4.69) is 37.5 Å². The van der Waals surface area contributed by atoms with Gasteiger partial charge in [0.1, 0.15) is 38.6 Å². The molecule has 16 heteroatoms. The number of hydrogen-bond acceptors (Lipinski definition) is 15. The highest BCUT2D eigenvalue weighted by molar-refractivity contribution is 5.91. The molecular weight excluding hydrogens is 1070 g/mol. The lowest BCUT2D eigenvalue weighted by atomic mass is 10.1. The van der Waals surface area contributed by atoms with Gasteiger partial charge in [-0.05, 0) is 97.8 Å². The smallest absolute Gasteiger partial charge is 0.378 e.